The van der Waals surface area contributed by atoms with Crippen molar-refractivity contribution >= 4 is 11.9 Å². The summed E-state index contributed by atoms with van der Waals surface area (Å²) < 4.78 is 88.4. The van der Waals surface area contributed by atoms with Gasteiger partial charge in [0.2, 0.25) is 5.92 Å². The van der Waals surface area contributed by atoms with Crippen molar-refractivity contribution in [1.82, 2.24) is 5.43 Å². The molecule has 0 amide bonds. The van der Waals surface area contributed by atoms with Gasteiger partial charge in [-0.2, -0.15) is 26.3 Å². The maximum atomic E-state index is 12.4. The fourth-order valence-corrected chi connectivity index (χ4v) is 1.21. The quantitative estimate of drug-likeness (QED) is 0.316. The van der Waals surface area contributed by atoms with Crippen LogP contribution in [0.3, 0.4) is 0 Å². The van der Waals surface area contributed by atoms with Crippen LogP contribution in [-0.4, -0.2) is 46.5 Å². The molecule has 0 aromatic carbocycles. The number of rotatable bonds is 1. The number of nitrogens with two attached hydrogens (primary N) is 1. The van der Waals surface area contributed by atoms with Gasteiger partial charge in [0.25, 0.3) is 0 Å². The van der Waals surface area contributed by atoms with E-state index >= 15 is 0 Å². The average molecular weight is 378 g/mol. The van der Waals surface area contributed by atoms with Crippen molar-refractivity contribution in [3.63, 3.8) is 0 Å². The van der Waals surface area contributed by atoms with Gasteiger partial charge in [-0.1, -0.05) is 0 Å². The van der Waals surface area contributed by atoms with Crippen molar-refractivity contribution in [1.29, 1.82) is 0 Å². The minimum atomic E-state index is -5.08. The first-order valence-corrected chi connectivity index (χ1v) is 5.97. The van der Waals surface area contributed by atoms with E-state index in [0.717, 1.165) is 0 Å². The molecule has 0 heterocycles. The highest BCUT2D eigenvalue weighted by Gasteiger charge is 2.39. The molecule has 0 atom stereocenters. The molecule has 0 spiro atoms. The standard InChI is InChI=1S/C6H12F2N2.2C2HF3O2/c7-6(8)3-1-5(10-9)2-4-6;2*3-2(4,5)1(6)7/h5,10H,1-4,9H2;2*(H,6,7). The maximum absolute atomic E-state index is 12.4. The van der Waals surface area contributed by atoms with Gasteiger partial charge in [0, 0.05) is 18.9 Å². The zero-order valence-electron chi connectivity index (χ0n) is 11.7. The van der Waals surface area contributed by atoms with E-state index in [1.54, 1.807) is 0 Å². The second kappa shape index (κ2) is 9.56. The third-order valence-corrected chi connectivity index (χ3v) is 2.44. The van der Waals surface area contributed by atoms with Crippen LogP contribution in [-0.2, 0) is 9.59 Å². The highest BCUT2D eigenvalue weighted by molar-refractivity contribution is 5.73. The van der Waals surface area contributed by atoms with Crippen molar-refractivity contribution in [3.05, 3.63) is 0 Å². The predicted octanol–water partition coefficient (Wildman–Crippen LogP) is 2.29. The van der Waals surface area contributed by atoms with E-state index < -0.39 is 30.2 Å². The molecule has 1 saturated carbocycles. The third-order valence-electron chi connectivity index (χ3n) is 2.44. The monoisotopic (exact) mass is 378 g/mol. The molecular formula is C10H14F8N2O4. The number of nitrogens with one attached hydrogen (secondary N) is 1. The van der Waals surface area contributed by atoms with Crippen LogP contribution in [0.2, 0.25) is 0 Å². The zero-order valence-corrected chi connectivity index (χ0v) is 11.7. The number of halogens is 8. The SMILES string of the molecule is NNC1CCC(F)(F)CC1.O=C(O)C(F)(F)F.O=C(O)C(F)(F)F. The topological polar surface area (TPSA) is 113 Å². The summed E-state index contributed by atoms with van der Waals surface area (Å²) in [6.07, 6.45) is -9.24. The molecular weight excluding hydrogens is 364 g/mol. The number of alkyl halides is 8. The van der Waals surface area contributed by atoms with E-state index in [-0.39, 0.29) is 18.9 Å². The van der Waals surface area contributed by atoms with Gasteiger partial charge in [0.15, 0.2) is 0 Å². The molecule has 0 bridgehead atoms. The molecule has 6 nitrogen and oxygen atoms in total. The first-order valence-electron chi connectivity index (χ1n) is 5.97. The third kappa shape index (κ3) is 12.8. The van der Waals surface area contributed by atoms with Crippen molar-refractivity contribution in [2.45, 2.75) is 50.0 Å². The summed E-state index contributed by atoms with van der Waals surface area (Å²) in [5.41, 5.74) is 2.51. The number of carboxylic acid groups (broad SMARTS) is 2. The van der Waals surface area contributed by atoms with Gasteiger partial charge in [-0.3, -0.25) is 11.3 Å². The van der Waals surface area contributed by atoms with Crippen molar-refractivity contribution in [2.75, 3.05) is 0 Å². The Morgan fingerprint density at radius 2 is 1.17 bits per heavy atom. The van der Waals surface area contributed by atoms with Crippen molar-refractivity contribution < 1.29 is 54.9 Å². The van der Waals surface area contributed by atoms with Gasteiger partial charge >= 0.3 is 24.3 Å². The lowest BCUT2D eigenvalue weighted by Gasteiger charge is -2.27. The second-order valence-electron chi connectivity index (χ2n) is 4.40. The Bertz CT molecular complexity index is 377. The molecule has 0 radical (unpaired) electrons. The van der Waals surface area contributed by atoms with Crippen LogP contribution in [0.5, 0.6) is 0 Å². The average Bonchev–Trinajstić information content (AvgIpc) is 2.38. The van der Waals surface area contributed by atoms with E-state index in [1.165, 1.54) is 0 Å². The van der Waals surface area contributed by atoms with Crippen LogP contribution in [0.25, 0.3) is 0 Å². The highest BCUT2D eigenvalue weighted by atomic mass is 19.4. The van der Waals surface area contributed by atoms with Crippen molar-refractivity contribution in [2.24, 2.45) is 5.84 Å². The summed E-state index contributed by atoms with van der Waals surface area (Å²) in [5, 5.41) is 14.2. The van der Waals surface area contributed by atoms with Crippen LogP contribution >= 0.6 is 0 Å². The molecule has 1 aliphatic carbocycles. The normalized spacial score (nSPS) is 17.7. The Morgan fingerprint density at radius 1 is 0.917 bits per heavy atom. The van der Waals surface area contributed by atoms with Crippen LogP contribution in [0, 0.1) is 0 Å². The smallest absolute Gasteiger partial charge is 0.475 e. The molecule has 1 rings (SSSR count). The Hall–Kier alpha value is -1.70. The molecule has 144 valence electrons. The zero-order chi connectivity index (χ0) is 19.8. The Kier molecular flexibility index (Phi) is 9.78. The lowest BCUT2D eigenvalue weighted by atomic mass is 9.93. The molecule has 0 aliphatic heterocycles. The molecule has 14 heteroatoms. The van der Waals surface area contributed by atoms with Crippen LogP contribution in [0.4, 0.5) is 35.1 Å². The van der Waals surface area contributed by atoms with Gasteiger partial charge in [-0.15, -0.1) is 0 Å². The molecule has 0 unspecified atom stereocenters. The maximum Gasteiger partial charge on any atom is 0.490 e. The fraction of sp³-hybridized carbons (Fsp3) is 0.800. The highest BCUT2D eigenvalue weighted by Crippen LogP contribution is 2.32. The van der Waals surface area contributed by atoms with E-state index in [9.17, 15) is 35.1 Å². The number of aliphatic carboxylic acids is 2. The van der Waals surface area contributed by atoms with E-state index in [0.29, 0.717) is 12.8 Å². The molecule has 1 fully saturated rings. The summed E-state index contributed by atoms with van der Waals surface area (Å²) in [6.45, 7) is 0. The van der Waals surface area contributed by atoms with Gasteiger partial charge in [0.1, 0.15) is 0 Å². The summed E-state index contributed by atoms with van der Waals surface area (Å²) in [7, 11) is 0. The van der Waals surface area contributed by atoms with Crippen LogP contribution < -0.4 is 11.3 Å². The Labute approximate surface area is 129 Å². The van der Waals surface area contributed by atoms with E-state index in [1.807, 2.05) is 0 Å². The number of hydrogen-bond acceptors (Lipinski definition) is 4. The first-order chi connectivity index (χ1) is 10.5. The number of carbonyl (C=O) groups is 2. The number of hydrazine groups is 1. The molecule has 1 aliphatic rings. The summed E-state index contributed by atoms with van der Waals surface area (Å²) >= 11 is 0. The molecule has 5 N–H and O–H groups in total. The fourth-order valence-electron chi connectivity index (χ4n) is 1.21. The first kappa shape index (κ1) is 24.6. The Morgan fingerprint density at radius 3 is 1.33 bits per heavy atom. The summed E-state index contributed by atoms with van der Waals surface area (Å²) in [6, 6.07) is 0.0969. The van der Waals surface area contributed by atoms with Gasteiger partial charge in [0.05, 0.1) is 0 Å². The number of hydrogen-bond donors (Lipinski definition) is 4. The lowest BCUT2D eigenvalue weighted by Crippen LogP contribution is -2.40. The molecule has 0 aromatic rings. The van der Waals surface area contributed by atoms with Crippen molar-refractivity contribution in [3.8, 4) is 0 Å². The summed E-state index contributed by atoms with van der Waals surface area (Å²) in [4.78, 5) is 17.8. The lowest BCUT2D eigenvalue weighted by molar-refractivity contribution is -0.193. The van der Waals surface area contributed by atoms with Gasteiger partial charge in [-0.25, -0.2) is 18.4 Å². The largest absolute Gasteiger partial charge is 0.490 e. The van der Waals surface area contributed by atoms with Crippen LogP contribution in [0.15, 0.2) is 0 Å². The second-order valence-corrected chi connectivity index (χ2v) is 4.40. The van der Waals surface area contributed by atoms with Gasteiger partial charge in [-0.05, 0) is 12.8 Å². The minimum absolute atomic E-state index is 0.0259. The predicted molar refractivity (Wildman–Crippen MR) is 61.9 cm³/mol. The van der Waals surface area contributed by atoms with E-state index in [4.69, 9.17) is 25.6 Å². The molecule has 0 aromatic heterocycles. The molecule has 0 saturated heterocycles. The number of carboxylic acids is 2. The molecule has 24 heavy (non-hydrogen) atoms. The van der Waals surface area contributed by atoms with Crippen LogP contribution in [0.1, 0.15) is 25.7 Å². The van der Waals surface area contributed by atoms with Gasteiger partial charge < -0.3 is 10.2 Å². The minimum Gasteiger partial charge on any atom is -0.475 e. The van der Waals surface area contributed by atoms with E-state index in [2.05, 4.69) is 5.43 Å². The summed E-state index contributed by atoms with van der Waals surface area (Å²) in [5.74, 6) is -2.85. The Balaban J connectivity index is 0.